The molecule has 0 saturated carbocycles. The Morgan fingerprint density at radius 3 is 1.08 bits per heavy atom. The number of benzene rings is 6. The number of rotatable bonds is 12. The molecule has 10 rings (SSSR count). The number of ether oxygens (including phenoxy) is 2. The van der Waals surface area contributed by atoms with E-state index in [0.717, 1.165) is 46.9 Å². The standard InChI is InChI=1S/2C29H23Cl2FN2O4S/c2*1-39(36,37)24-13-8-20(25(32)16-24)15-26-29(35)34(23-3-2-14-33-17-23)27(18-4-9-21(30)10-5-18)28(38-26)19-6-11-22(31)12-7-19/h2*2-14,16-17,26-28H,15H2,1H3/t26-,27?,28-;26-,27+,28-/m10/s1. The molecule has 12 nitrogen and oxygen atoms in total. The zero-order valence-corrected chi connectivity index (χ0v) is 46.0. The minimum atomic E-state index is -3.59. The third-order valence-corrected chi connectivity index (χ3v) is 16.4. The fraction of sp³-hybridized carbons (Fsp3) is 0.172. The lowest BCUT2D eigenvalue weighted by Gasteiger charge is -2.44. The highest BCUT2D eigenvalue weighted by Gasteiger charge is 2.47. The van der Waals surface area contributed by atoms with E-state index in [9.17, 15) is 26.4 Å². The first-order valence-corrected chi connectivity index (χ1v) is 29.3. The Balaban J connectivity index is 0.000000190. The van der Waals surface area contributed by atoms with Crippen LogP contribution in [0.2, 0.25) is 20.1 Å². The lowest BCUT2D eigenvalue weighted by Crippen LogP contribution is -2.52. The van der Waals surface area contributed by atoms with Crippen LogP contribution in [0.15, 0.2) is 192 Å². The van der Waals surface area contributed by atoms with Gasteiger partial charge in [0.1, 0.15) is 36.1 Å². The van der Waals surface area contributed by atoms with Crippen LogP contribution in [0.1, 0.15) is 57.7 Å². The summed E-state index contributed by atoms with van der Waals surface area (Å²) in [6, 6.07) is 41.7. The lowest BCUT2D eigenvalue weighted by atomic mass is 9.90. The third-order valence-electron chi connectivity index (χ3n) is 13.2. The fourth-order valence-corrected chi connectivity index (χ4v) is 11.1. The van der Waals surface area contributed by atoms with Gasteiger partial charge in [-0.1, -0.05) is 107 Å². The van der Waals surface area contributed by atoms with Gasteiger partial charge in [-0.15, -0.1) is 0 Å². The number of pyridine rings is 2. The highest BCUT2D eigenvalue weighted by Crippen LogP contribution is 2.47. The lowest BCUT2D eigenvalue weighted by molar-refractivity contribution is -0.145. The molecule has 0 N–H and O–H groups in total. The van der Waals surface area contributed by atoms with E-state index in [1.807, 2.05) is 48.5 Å². The van der Waals surface area contributed by atoms with E-state index in [1.165, 1.54) is 24.3 Å². The third kappa shape index (κ3) is 12.8. The minimum Gasteiger partial charge on any atom is -0.358 e. The maximum Gasteiger partial charge on any atom is 0.257 e. The molecule has 0 aliphatic carbocycles. The van der Waals surface area contributed by atoms with Gasteiger partial charge in [0.15, 0.2) is 19.7 Å². The molecule has 2 saturated heterocycles. The Hall–Kier alpha value is -6.60. The predicted molar refractivity (Wildman–Crippen MR) is 296 cm³/mol. The number of halogens is 6. The topological polar surface area (TPSA) is 153 Å². The summed E-state index contributed by atoms with van der Waals surface area (Å²) in [6.45, 7) is 0. The Morgan fingerprint density at radius 2 is 0.795 bits per heavy atom. The highest BCUT2D eigenvalue weighted by molar-refractivity contribution is 7.91. The molecule has 2 amide bonds. The van der Waals surface area contributed by atoms with Crippen molar-refractivity contribution in [3.8, 4) is 0 Å². The second-order valence-corrected chi connectivity index (χ2v) is 24.3. The van der Waals surface area contributed by atoms with E-state index in [4.69, 9.17) is 55.9 Å². The van der Waals surface area contributed by atoms with Gasteiger partial charge in [-0.25, -0.2) is 25.6 Å². The molecule has 4 heterocycles. The van der Waals surface area contributed by atoms with Crippen molar-refractivity contribution in [3.05, 3.63) is 248 Å². The smallest absolute Gasteiger partial charge is 0.257 e. The zero-order chi connectivity index (χ0) is 55.5. The first-order chi connectivity index (χ1) is 37.2. The van der Waals surface area contributed by atoms with Crippen LogP contribution in [-0.4, -0.2) is 63.3 Å². The normalized spacial score (nSPS) is 19.7. The molecule has 2 aromatic heterocycles. The monoisotopic (exact) mass is 1170 g/mol. The van der Waals surface area contributed by atoms with Crippen molar-refractivity contribution in [2.75, 3.05) is 22.3 Å². The Kier molecular flexibility index (Phi) is 17.1. The molecule has 0 spiro atoms. The zero-order valence-electron chi connectivity index (χ0n) is 41.3. The summed E-state index contributed by atoms with van der Waals surface area (Å²) in [5.41, 5.74) is 4.48. The van der Waals surface area contributed by atoms with Crippen LogP contribution in [0.5, 0.6) is 0 Å². The van der Waals surface area contributed by atoms with Gasteiger partial charge < -0.3 is 9.47 Å². The van der Waals surface area contributed by atoms with Crippen molar-refractivity contribution in [1.29, 1.82) is 0 Å². The van der Waals surface area contributed by atoms with Gasteiger partial charge in [0, 0.05) is 57.8 Å². The van der Waals surface area contributed by atoms with Crippen molar-refractivity contribution < 1.29 is 44.7 Å². The summed E-state index contributed by atoms with van der Waals surface area (Å²) in [5.74, 6) is -2.24. The number of hydrogen-bond acceptors (Lipinski definition) is 10. The van der Waals surface area contributed by atoms with Crippen LogP contribution in [0.25, 0.3) is 0 Å². The molecule has 8 aromatic rings. The number of aromatic nitrogens is 2. The molecule has 0 radical (unpaired) electrons. The Bertz CT molecular complexity index is 3450. The van der Waals surface area contributed by atoms with Gasteiger partial charge in [-0.2, -0.15) is 0 Å². The van der Waals surface area contributed by atoms with Gasteiger partial charge in [0.25, 0.3) is 11.8 Å². The largest absolute Gasteiger partial charge is 0.358 e. The number of morpholine rings is 2. The molecule has 6 atom stereocenters. The molecular formula is C58H46Cl4F2N4O8S2. The summed E-state index contributed by atoms with van der Waals surface area (Å²) >= 11 is 24.6. The van der Waals surface area contributed by atoms with Crippen molar-refractivity contribution >= 4 is 89.3 Å². The van der Waals surface area contributed by atoms with E-state index in [-0.39, 0.29) is 45.6 Å². The summed E-state index contributed by atoms with van der Waals surface area (Å²) in [5, 5.41) is 2.18. The number of carbonyl (C=O) groups is 2. The molecule has 20 heteroatoms. The van der Waals surface area contributed by atoms with Crippen LogP contribution in [0, 0.1) is 11.6 Å². The van der Waals surface area contributed by atoms with Gasteiger partial charge in [0.05, 0.1) is 45.6 Å². The summed E-state index contributed by atoms with van der Waals surface area (Å²) in [4.78, 5) is 39.5. The van der Waals surface area contributed by atoms with Crippen LogP contribution in [0.4, 0.5) is 20.2 Å². The number of amides is 2. The molecule has 0 bridgehead atoms. The summed E-state index contributed by atoms with van der Waals surface area (Å²) in [7, 11) is -7.19. The van der Waals surface area contributed by atoms with Crippen molar-refractivity contribution in [2.45, 2.75) is 59.1 Å². The number of hydrogen-bond donors (Lipinski definition) is 0. The van der Waals surface area contributed by atoms with Crippen LogP contribution in [-0.2, 0) is 51.6 Å². The molecule has 2 fully saturated rings. The average molecular weight is 1170 g/mol. The minimum absolute atomic E-state index is 0.108. The second kappa shape index (κ2) is 23.8. The first-order valence-electron chi connectivity index (χ1n) is 24.0. The Morgan fingerprint density at radius 1 is 0.474 bits per heavy atom. The van der Waals surface area contributed by atoms with Gasteiger partial charge in [-0.05, 0) is 130 Å². The van der Waals surface area contributed by atoms with Crippen LogP contribution in [0.3, 0.4) is 0 Å². The molecule has 6 aromatic carbocycles. The molecule has 1 unspecified atom stereocenters. The molecular weight excluding hydrogens is 1120 g/mol. The average Bonchev–Trinajstić information content (AvgIpc) is 3.47. The predicted octanol–water partition coefficient (Wildman–Crippen LogP) is 12.8. The highest BCUT2D eigenvalue weighted by atomic mass is 35.5. The molecule has 2 aliphatic rings. The number of carbonyl (C=O) groups excluding carboxylic acids is 2. The van der Waals surface area contributed by atoms with E-state index >= 15 is 8.78 Å². The summed E-state index contributed by atoms with van der Waals surface area (Å²) in [6.07, 6.45) is 4.72. The maximum absolute atomic E-state index is 15.0. The molecule has 2 aliphatic heterocycles. The van der Waals surface area contributed by atoms with E-state index in [1.54, 1.807) is 107 Å². The van der Waals surface area contributed by atoms with Crippen LogP contribution < -0.4 is 9.80 Å². The fourth-order valence-electron chi connectivity index (χ4n) is 9.36. The van der Waals surface area contributed by atoms with Crippen molar-refractivity contribution in [3.63, 3.8) is 0 Å². The quantitative estimate of drug-likeness (QED) is 0.115. The molecule has 400 valence electrons. The number of sulfone groups is 2. The van der Waals surface area contributed by atoms with E-state index < -0.39 is 67.8 Å². The first kappa shape index (κ1) is 56.1. The van der Waals surface area contributed by atoms with Crippen molar-refractivity contribution in [1.82, 2.24) is 9.97 Å². The molecule has 78 heavy (non-hydrogen) atoms. The van der Waals surface area contributed by atoms with Crippen LogP contribution >= 0.6 is 46.4 Å². The Labute approximate surface area is 470 Å². The SMILES string of the molecule is CS(=O)(=O)c1ccc(C[C@@H]2O[C@@H](c3ccc(Cl)cc3)[C@@H](c3ccc(Cl)cc3)N(c3cccnc3)C2=O)c(F)c1.CS(=O)(=O)c1ccc(C[C@H]2O[C@H](c3ccc(Cl)cc3)C(c3ccc(Cl)cc3)N(c3cccnc3)C2=O)c(F)c1. The van der Waals surface area contributed by atoms with Crippen molar-refractivity contribution in [2.24, 2.45) is 0 Å². The second-order valence-electron chi connectivity index (χ2n) is 18.5. The van der Waals surface area contributed by atoms with E-state index in [2.05, 4.69) is 9.97 Å². The summed E-state index contributed by atoms with van der Waals surface area (Å²) < 4.78 is 90.5. The number of anilines is 2. The van der Waals surface area contributed by atoms with Gasteiger partial charge in [-0.3, -0.25) is 29.4 Å². The van der Waals surface area contributed by atoms with Gasteiger partial charge in [0.2, 0.25) is 0 Å². The van der Waals surface area contributed by atoms with E-state index in [0.29, 0.717) is 31.5 Å². The van der Waals surface area contributed by atoms with Gasteiger partial charge >= 0.3 is 0 Å². The number of nitrogens with zero attached hydrogens (tertiary/aromatic N) is 4. The maximum atomic E-state index is 15.0.